The van der Waals surface area contributed by atoms with Gasteiger partial charge in [0.25, 0.3) is 0 Å². The monoisotopic (exact) mass is 521 g/mol. The fourth-order valence-corrected chi connectivity index (χ4v) is 4.96. The van der Waals surface area contributed by atoms with E-state index in [0.29, 0.717) is 22.3 Å². The van der Waals surface area contributed by atoms with Crippen LogP contribution >= 0.6 is 0 Å². The smallest absolute Gasteiger partial charge is 0.393 e. The molecule has 38 heavy (non-hydrogen) atoms. The fraction of sp³-hybridized carbons (Fsp3) is 0.258. The Balaban J connectivity index is 1.76. The van der Waals surface area contributed by atoms with Gasteiger partial charge < -0.3 is 10.6 Å². The van der Waals surface area contributed by atoms with Crippen molar-refractivity contribution in [2.75, 3.05) is 18.8 Å². The third kappa shape index (κ3) is 6.71. The van der Waals surface area contributed by atoms with E-state index in [2.05, 4.69) is 11.5 Å². The number of nitrogen functional groups attached to an aromatic ring is 1. The van der Waals surface area contributed by atoms with Crippen molar-refractivity contribution >= 4 is 22.8 Å². The number of benzene rings is 3. The first-order valence-electron chi connectivity index (χ1n) is 12.6. The number of aryl methyl sites for hydroxylation is 1. The molecule has 1 aliphatic heterocycles. The van der Waals surface area contributed by atoms with Crippen LogP contribution in [0.2, 0.25) is 0 Å². The van der Waals surface area contributed by atoms with Gasteiger partial charge in [0.15, 0.2) is 0 Å². The van der Waals surface area contributed by atoms with Crippen molar-refractivity contribution in [2.45, 2.75) is 38.3 Å². The Kier molecular flexibility index (Phi) is 8.35. The maximum atomic E-state index is 13.9. The summed E-state index contributed by atoms with van der Waals surface area (Å²) < 4.78 is 55.5. The number of alkyl halides is 3. The quantitative estimate of drug-likeness (QED) is 0.130. The topological polar surface area (TPSA) is 53.1 Å². The van der Waals surface area contributed by atoms with Crippen molar-refractivity contribution < 1.29 is 17.6 Å². The Morgan fingerprint density at radius 1 is 0.947 bits per heavy atom. The maximum Gasteiger partial charge on any atom is 0.393 e. The molecule has 1 fully saturated rings. The van der Waals surface area contributed by atoms with Gasteiger partial charge in [0.05, 0.1) is 12.0 Å². The first-order chi connectivity index (χ1) is 18.1. The summed E-state index contributed by atoms with van der Waals surface area (Å²) in [5.74, 6) is -1.24. The van der Waals surface area contributed by atoms with Crippen LogP contribution in [-0.4, -0.2) is 30.1 Å². The van der Waals surface area contributed by atoms with E-state index >= 15 is 0 Å². The summed E-state index contributed by atoms with van der Waals surface area (Å²) >= 11 is 0. The van der Waals surface area contributed by atoms with Gasteiger partial charge in [-0.3, -0.25) is 5.41 Å². The van der Waals surface area contributed by atoms with Gasteiger partial charge >= 0.3 is 6.18 Å². The second kappa shape index (κ2) is 11.7. The second-order valence-electron chi connectivity index (χ2n) is 9.58. The number of nitrogens with one attached hydrogen (secondary N) is 1. The van der Waals surface area contributed by atoms with Crippen molar-refractivity contribution in [2.24, 2.45) is 0 Å². The predicted molar refractivity (Wildman–Crippen MR) is 147 cm³/mol. The number of hydrogen-bond acceptors (Lipinski definition) is 3. The number of nitrogens with two attached hydrogens (primary N) is 1. The average Bonchev–Trinajstić information content (AvgIpc) is 3.29. The zero-order valence-electron chi connectivity index (χ0n) is 21.1. The van der Waals surface area contributed by atoms with Crippen LogP contribution in [0.15, 0.2) is 85.1 Å². The fourth-order valence-electron chi connectivity index (χ4n) is 4.96. The van der Waals surface area contributed by atoms with Crippen LogP contribution in [0.5, 0.6) is 0 Å². The van der Waals surface area contributed by atoms with Crippen LogP contribution in [0.4, 0.5) is 23.2 Å². The highest BCUT2D eigenvalue weighted by molar-refractivity contribution is 6.02. The van der Waals surface area contributed by atoms with Gasteiger partial charge in [0.2, 0.25) is 5.97 Å². The molecule has 198 valence electrons. The van der Waals surface area contributed by atoms with E-state index in [-0.39, 0.29) is 16.8 Å². The predicted octanol–water partition coefficient (Wildman–Crippen LogP) is 8.02. The zero-order valence-corrected chi connectivity index (χ0v) is 21.1. The van der Waals surface area contributed by atoms with Gasteiger partial charge in [0, 0.05) is 24.5 Å². The average molecular weight is 522 g/mol. The van der Waals surface area contributed by atoms with Gasteiger partial charge in [-0.05, 0) is 71.2 Å². The molecule has 0 bridgehead atoms. The number of likely N-dealkylation sites (tertiary alicyclic amines) is 1. The lowest BCUT2D eigenvalue weighted by molar-refractivity contribution is -0.122. The van der Waals surface area contributed by atoms with Crippen molar-refractivity contribution in [1.82, 2.24) is 4.90 Å². The van der Waals surface area contributed by atoms with Crippen molar-refractivity contribution in [3.8, 4) is 0 Å². The number of nitrogens with zero attached hydrogens (tertiary/aromatic N) is 1. The van der Waals surface area contributed by atoms with Crippen molar-refractivity contribution in [1.29, 1.82) is 5.41 Å². The lowest BCUT2D eigenvalue weighted by Gasteiger charge is -2.20. The normalized spacial score (nSPS) is 14.5. The summed E-state index contributed by atoms with van der Waals surface area (Å²) in [4.78, 5) is 2.31. The molecule has 1 heterocycles. The summed E-state index contributed by atoms with van der Waals surface area (Å²) in [6.07, 6.45) is -1.67. The van der Waals surface area contributed by atoms with E-state index in [9.17, 15) is 17.6 Å². The molecule has 3 aromatic carbocycles. The largest absolute Gasteiger partial charge is 0.398 e. The Morgan fingerprint density at radius 2 is 1.63 bits per heavy atom. The molecule has 1 aliphatic rings. The summed E-state index contributed by atoms with van der Waals surface area (Å²) in [5, 5.41) is 7.45. The summed E-state index contributed by atoms with van der Waals surface area (Å²) in [6.45, 7) is 6.07. The van der Waals surface area contributed by atoms with Crippen LogP contribution in [-0.2, 0) is 6.42 Å². The number of anilines is 1. The molecular weight excluding hydrogens is 490 g/mol. The maximum absolute atomic E-state index is 13.9. The number of halogens is 4. The molecule has 4 rings (SSSR count). The molecule has 0 aliphatic carbocycles. The number of hydrogen-bond donors (Lipinski definition) is 2. The first kappa shape index (κ1) is 27.2. The Labute approximate surface area is 220 Å². The molecular formula is C31H31F4N3. The summed E-state index contributed by atoms with van der Waals surface area (Å²) in [6, 6.07) is 20.2. The van der Waals surface area contributed by atoms with Crippen molar-refractivity contribution in [3.05, 3.63) is 113 Å². The standard InChI is InChI=1S/C31H31F4N3/c1-21-7-5-17-38(21)18-6-8-22-11-13-24(14-12-22)29(25-15-16-28(36)26(19-25)30(32)37)27(20-31(33,34)35)23-9-3-2-4-10-23/h2-4,9-16,19,37H,1,5-8,17-18,20,36H2/b29-27+,37-30?. The highest BCUT2D eigenvalue weighted by atomic mass is 19.4. The highest BCUT2D eigenvalue weighted by Gasteiger charge is 2.31. The Hall–Kier alpha value is -3.87. The van der Waals surface area contributed by atoms with Crippen LogP contribution in [0, 0.1) is 5.41 Å². The van der Waals surface area contributed by atoms with Gasteiger partial charge in [-0.15, -0.1) is 0 Å². The number of rotatable bonds is 9. The van der Waals surface area contributed by atoms with E-state index in [1.54, 1.807) is 36.4 Å². The van der Waals surface area contributed by atoms with Crippen LogP contribution in [0.3, 0.4) is 0 Å². The summed E-state index contributed by atoms with van der Waals surface area (Å²) in [5.41, 5.74) is 9.76. The van der Waals surface area contributed by atoms with Crippen LogP contribution in [0.25, 0.3) is 11.1 Å². The minimum absolute atomic E-state index is 0.0497. The van der Waals surface area contributed by atoms with Gasteiger partial charge in [-0.1, -0.05) is 67.2 Å². The lowest BCUT2D eigenvalue weighted by atomic mass is 9.86. The zero-order chi connectivity index (χ0) is 27.3. The molecule has 0 aromatic heterocycles. The van der Waals surface area contributed by atoms with E-state index in [1.165, 1.54) is 17.8 Å². The molecule has 0 radical (unpaired) electrons. The molecule has 1 saturated heterocycles. The van der Waals surface area contributed by atoms with E-state index in [0.717, 1.165) is 44.3 Å². The molecule has 3 N–H and O–H groups in total. The van der Waals surface area contributed by atoms with Crippen LogP contribution < -0.4 is 5.73 Å². The minimum atomic E-state index is -4.47. The third-order valence-electron chi connectivity index (χ3n) is 6.86. The molecule has 3 nitrogen and oxygen atoms in total. The molecule has 0 spiro atoms. The van der Waals surface area contributed by atoms with E-state index < -0.39 is 18.6 Å². The number of allylic oxidation sites excluding steroid dienone is 2. The third-order valence-corrected chi connectivity index (χ3v) is 6.86. The molecule has 0 unspecified atom stereocenters. The minimum Gasteiger partial charge on any atom is -0.398 e. The second-order valence-corrected chi connectivity index (χ2v) is 9.58. The molecule has 3 aromatic rings. The van der Waals surface area contributed by atoms with Gasteiger partial charge in [0.1, 0.15) is 0 Å². The van der Waals surface area contributed by atoms with E-state index in [4.69, 9.17) is 11.1 Å². The SMILES string of the molecule is C=C1CCCN1CCCc1ccc(/C(=C(/CC(F)(F)F)c2ccccc2)c2ccc(N)c(C(=N)F)c2)cc1. The summed E-state index contributed by atoms with van der Waals surface area (Å²) in [7, 11) is 0. The van der Waals surface area contributed by atoms with Crippen LogP contribution in [0.1, 0.15) is 53.5 Å². The Bertz CT molecular complexity index is 1330. The molecule has 0 amide bonds. The highest BCUT2D eigenvalue weighted by Crippen LogP contribution is 2.40. The Morgan fingerprint density at radius 3 is 2.24 bits per heavy atom. The molecule has 7 heteroatoms. The lowest BCUT2D eigenvalue weighted by Crippen LogP contribution is -2.18. The molecule has 0 saturated carbocycles. The van der Waals surface area contributed by atoms with Gasteiger partial charge in [-0.2, -0.15) is 17.6 Å². The first-order valence-corrected chi connectivity index (χ1v) is 12.6. The van der Waals surface area contributed by atoms with E-state index in [1.807, 2.05) is 24.3 Å². The molecule has 0 atom stereocenters. The van der Waals surface area contributed by atoms with Crippen molar-refractivity contribution in [3.63, 3.8) is 0 Å². The van der Waals surface area contributed by atoms with Gasteiger partial charge in [-0.25, -0.2) is 0 Å².